The number of ether oxygens (including phenoxy) is 1. The number of carbonyl (C=O) groups is 1. The number of methoxy groups -OCH3 is 1. The zero-order chi connectivity index (χ0) is 20.5. The molecule has 0 atom stereocenters. The normalized spacial score (nSPS) is 11.2. The van der Waals surface area contributed by atoms with Gasteiger partial charge in [0.15, 0.2) is 5.82 Å². The molecule has 0 saturated carbocycles. The van der Waals surface area contributed by atoms with Crippen LogP contribution in [0.5, 0.6) is 0 Å². The van der Waals surface area contributed by atoms with Crippen molar-refractivity contribution < 1.29 is 13.9 Å². The number of hydrogen-bond donors (Lipinski definition) is 1. The average Bonchev–Trinajstić information content (AvgIpc) is 3.28. The van der Waals surface area contributed by atoms with Gasteiger partial charge in [-0.2, -0.15) is 4.68 Å². The van der Waals surface area contributed by atoms with E-state index in [4.69, 9.17) is 4.74 Å². The van der Waals surface area contributed by atoms with Crippen LogP contribution >= 0.6 is 11.3 Å². The van der Waals surface area contributed by atoms with E-state index < -0.39 is 0 Å². The van der Waals surface area contributed by atoms with Crippen molar-refractivity contribution in [1.82, 2.24) is 20.2 Å². The monoisotopic (exact) mass is 411 g/mol. The van der Waals surface area contributed by atoms with Gasteiger partial charge in [0.2, 0.25) is 0 Å². The highest BCUT2D eigenvalue weighted by Gasteiger charge is 2.21. The maximum absolute atomic E-state index is 14.4. The highest BCUT2D eigenvalue weighted by atomic mass is 32.1. The van der Waals surface area contributed by atoms with E-state index in [0.717, 1.165) is 11.3 Å². The number of tetrazole rings is 1. The largest absolute Gasteiger partial charge is 0.380 e. The molecule has 1 N–H and O–H groups in total. The van der Waals surface area contributed by atoms with E-state index in [0.29, 0.717) is 32.0 Å². The molecule has 4 aromatic rings. The van der Waals surface area contributed by atoms with E-state index in [1.807, 2.05) is 13.0 Å². The number of nitrogens with one attached hydrogen (secondary N) is 1. The van der Waals surface area contributed by atoms with Crippen LogP contribution < -0.4 is 5.32 Å². The smallest absolute Gasteiger partial charge is 0.266 e. The topological polar surface area (TPSA) is 81.9 Å². The van der Waals surface area contributed by atoms with Crippen LogP contribution in [0.2, 0.25) is 0 Å². The first-order chi connectivity index (χ1) is 14.0. The van der Waals surface area contributed by atoms with Crippen molar-refractivity contribution in [2.45, 2.75) is 20.5 Å². The SMILES string of the molecule is COCc1c(C(=O)Nc2ccc(C)c(-n3nnnc3C)c2)sc2cccc(F)c12. The third kappa shape index (κ3) is 3.50. The van der Waals surface area contributed by atoms with Gasteiger partial charge in [-0.25, -0.2) is 4.39 Å². The fourth-order valence-electron chi connectivity index (χ4n) is 3.19. The zero-order valence-corrected chi connectivity index (χ0v) is 16.9. The van der Waals surface area contributed by atoms with E-state index in [-0.39, 0.29) is 18.3 Å². The molecule has 0 aliphatic rings. The third-order valence-electron chi connectivity index (χ3n) is 4.58. The minimum absolute atomic E-state index is 0.145. The fourth-order valence-corrected chi connectivity index (χ4v) is 4.31. The number of fused-ring (bicyclic) bond motifs is 1. The molecular formula is C20H18FN5O2S. The first kappa shape index (κ1) is 19.2. The van der Waals surface area contributed by atoms with Gasteiger partial charge in [0.1, 0.15) is 5.82 Å². The Morgan fingerprint density at radius 1 is 1.28 bits per heavy atom. The van der Waals surface area contributed by atoms with Crippen molar-refractivity contribution in [2.75, 3.05) is 12.4 Å². The lowest BCUT2D eigenvalue weighted by atomic mass is 10.1. The average molecular weight is 411 g/mol. The maximum Gasteiger partial charge on any atom is 0.266 e. The van der Waals surface area contributed by atoms with Crippen molar-refractivity contribution in [3.63, 3.8) is 0 Å². The molecule has 0 saturated heterocycles. The standard InChI is InChI=1S/C20H18FN5O2S/c1-11-7-8-13(9-16(11)26-12(2)23-24-25-26)22-20(27)19-14(10-28-3)18-15(21)5-4-6-17(18)29-19/h4-9H,10H2,1-3H3,(H,22,27). The van der Waals surface area contributed by atoms with E-state index >= 15 is 0 Å². The first-order valence-electron chi connectivity index (χ1n) is 8.85. The van der Waals surface area contributed by atoms with Crippen LogP contribution in [0.25, 0.3) is 15.8 Å². The molecule has 2 heterocycles. The maximum atomic E-state index is 14.4. The van der Waals surface area contributed by atoms with Crippen molar-refractivity contribution >= 4 is 33.0 Å². The van der Waals surface area contributed by atoms with Gasteiger partial charge in [-0.1, -0.05) is 12.1 Å². The molecule has 2 aromatic heterocycles. The second-order valence-corrected chi connectivity index (χ2v) is 7.60. The molecule has 0 spiro atoms. The molecule has 0 aliphatic carbocycles. The highest BCUT2D eigenvalue weighted by molar-refractivity contribution is 7.21. The number of halogens is 1. The molecule has 0 aliphatic heterocycles. The third-order valence-corrected chi connectivity index (χ3v) is 5.77. The van der Waals surface area contributed by atoms with Crippen LogP contribution in [0.15, 0.2) is 36.4 Å². The van der Waals surface area contributed by atoms with E-state index in [2.05, 4.69) is 20.8 Å². The van der Waals surface area contributed by atoms with Crippen LogP contribution in [0.3, 0.4) is 0 Å². The minimum Gasteiger partial charge on any atom is -0.380 e. The summed E-state index contributed by atoms with van der Waals surface area (Å²) in [6.07, 6.45) is 0. The van der Waals surface area contributed by atoms with E-state index in [9.17, 15) is 9.18 Å². The van der Waals surface area contributed by atoms with Gasteiger partial charge >= 0.3 is 0 Å². The number of benzene rings is 2. The quantitative estimate of drug-likeness (QED) is 0.536. The Morgan fingerprint density at radius 3 is 2.83 bits per heavy atom. The second-order valence-electron chi connectivity index (χ2n) is 6.55. The molecule has 0 bridgehead atoms. The molecule has 0 fully saturated rings. The number of aryl methyl sites for hydroxylation is 2. The summed E-state index contributed by atoms with van der Waals surface area (Å²) in [7, 11) is 1.52. The van der Waals surface area contributed by atoms with Crippen molar-refractivity contribution in [2.24, 2.45) is 0 Å². The molecule has 148 valence electrons. The molecule has 0 radical (unpaired) electrons. The number of hydrogen-bond acceptors (Lipinski definition) is 6. The summed E-state index contributed by atoms with van der Waals surface area (Å²) in [5, 5.41) is 14.9. The Hall–Kier alpha value is -3.17. The van der Waals surface area contributed by atoms with Gasteiger partial charge in [-0.05, 0) is 54.1 Å². The van der Waals surface area contributed by atoms with Crippen LogP contribution in [-0.2, 0) is 11.3 Å². The van der Waals surface area contributed by atoms with Crippen molar-refractivity contribution in [3.05, 3.63) is 64.0 Å². The lowest BCUT2D eigenvalue weighted by Gasteiger charge is -2.11. The summed E-state index contributed by atoms with van der Waals surface area (Å²) in [6.45, 7) is 3.88. The molecule has 4 rings (SSSR count). The van der Waals surface area contributed by atoms with Crippen LogP contribution in [0.1, 0.15) is 26.6 Å². The van der Waals surface area contributed by atoms with Crippen molar-refractivity contribution in [3.8, 4) is 5.69 Å². The molecule has 7 nitrogen and oxygen atoms in total. The summed E-state index contributed by atoms with van der Waals surface area (Å²) in [5.74, 6) is -0.0449. The van der Waals surface area contributed by atoms with Crippen LogP contribution in [0.4, 0.5) is 10.1 Å². The molecular weight excluding hydrogens is 393 g/mol. The number of carbonyl (C=O) groups excluding carboxylic acids is 1. The van der Waals surface area contributed by atoms with Gasteiger partial charge in [0.05, 0.1) is 17.2 Å². The number of anilines is 1. The lowest BCUT2D eigenvalue weighted by molar-refractivity contribution is 0.102. The lowest BCUT2D eigenvalue weighted by Crippen LogP contribution is -2.13. The predicted molar refractivity (Wildman–Crippen MR) is 109 cm³/mol. The molecule has 29 heavy (non-hydrogen) atoms. The number of rotatable bonds is 5. The fraction of sp³-hybridized carbons (Fsp3) is 0.200. The number of aromatic nitrogens is 4. The summed E-state index contributed by atoms with van der Waals surface area (Å²) < 4.78 is 21.9. The summed E-state index contributed by atoms with van der Waals surface area (Å²) in [5.41, 5.74) is 2.87. The molecule has 0 unspecified atom stereocenters. The van der Waals surface area contributed by atoms with E-state index in [1.165, 1.54) is 24.5 Å². The Balaban J connectivity index is 1.71. The Bertz CT molecular complexity index is 1220. The van der Waals surface area contributed by atoms with Gasteiger partial charge in [-0.3, -0.25) is 4.79 Å². The molecule has 1 amide bonds. The Labute approximate surface area is 170 Å². The van der Waals surface area contributed by atoms with E-state index in [1.54, 1.807) is 35.9 Å². The van der Waals surface area contributed by atoms with Crippen LogP contribution in [-0.4, -0.2) is 33.2 Å². The number of nitrogens with zero attached hydrogens (tertiary/aromatic N) is 4. The highest BCUT2D eigenvalue weighted by Crippen LogP contribution is 2.34. The Kier molecular flexibility index (Phi) is 5.08. The van der Waals surface area contributed by atoms with Crippen LogP contribution in [0, 0.1) is 19.7 Å². The zero-order valence-electron chi connectivity index (χ0n) is 16.1. The minimum atomic E-state index is -0.364. The molecule has 9 heteroatoms. The first-order valence-corrected chi connectivity index (χ1v) is 9.67. The van der Waals surface area contributed by atoms with Crippen molar-refractivity contribution in [1.29, 1.82) is 0 Å². The van der Waals surface area contributed by atoms with Gasteiger partial charge in [0.25, 0.3) is 5.91 Å². The number of thiophene rings is 1. The summed E-state index contributed by atoms with van der Waals surface area (Å²) >= 11 is 1.24. The number of amides is 1. The summed E-state index contributed by atoms with van der Waals surface area (Å²) in [4.78, 5) is 13.4. The van der Waals surface area contributed by atoms with Gasteiger partial charge in [0, 0.05) is 28.4 Å². The van der Waals surface area contributed by atoms with Gasteiger partial charge < -0.3 is 10.1 Å². The molecule has 2 aromatic carbocycles. The Morgan fingerprint density at radius 2 is 2.10 bits per heavy atom. The van der Waals surface area contributed by atoms with Gasteiger partial charge in [-0.15, -0.1) is 16.4 Å². The second kappa shape index (κ2) is 7.69. The predicted octanol–water partition coefficient (Wildman–Crippen LogP) is 4.03. The summed E-state index contributed by atoms with van der Waals surface area (Å²) in [6, 6.07) is 10.3.